The molecule has 0 aliphatic carbocycles. The number of hydrogen-bond donors (Lipinski definition) is 2. The van der Waals surface area contributed by atoms with Crippen LogP contribution in [0.5, 0.6) is 0 Å². The van der Waals surface area contributed by atoms with Gasteiger partial charge in [-0.15, -0.1) is 0 Å². The zero-order chi connectivity index (χ0) is 11.1. The fourth-order valence-electron chi connectivity index (χ4n) is 0.922. The Hall–Kier alpha value is -2.35. The highest BCUT2D eigenvalue weighted by Gasteiger charge is 2.08. The minimum absolute atomic E-state index is 0.345. The molecule has 0 unspecified atom stereocenters. The molecular formula is C10H9N3O2. The summed E-state index contributed by atoms with van der Waals surface area (Å²) < 4.78 is 0. The van der Waals surface area contributed by atoms with E-state index in [0.717, 1.165) is 0 Å². The SMILES string of the molecule is [C-]#[N+]CC(=O)NC(=O)Nc1ccccc1. The number of nitrogens with zero attached hydrogens (tertiary/aromatic N) is 1. The lowest BCUT2D eigenvalue weighted by Gasteiger charge is -2.03. The summed E-state index contributed by atoms with van der Waals surface area (Å²) in [6, 6.07) is 8.09. The molecule has 0 spiro atoms. The van der Waals surface area contributed by atoms with E-state index in [9.17, 15) is 9.59 Å². The van der Waals surface area contributed by atoms with E-state index in [1.807, 2.05) is 11.4 Å². The first-order valence-electron chi connectivity index (χ1n) is 4.21. The van der Waals surface area contributed by atoms with E-state index in [2.05, 4.69) is 10.2 Å². The van der Waals surface area contributed by atoms with Crippen LogP contribution < -0.4 is 10.6 Å². The van der Waals surface area contributed by atoms with Crippen molar-refractivity contribution in [3.8, 4) is 0 Å². The molecule has 5 nitrogen and oxygen atoms in total. The highest BCUT2D eigenvalue weighted by Crippen LogP contribution is 2.03. The molecule has 0 heterocycles. The maximum absolute atomic E-state index is 11.2. The highest BCUT2D eigenvalue weighted by atomic mass is 16.2. The Morgan fingerprint density at radius 2 is 1.93 bits per heavy atom. The maximum atomic E-state index is 11.2. The molecule has 0 aromatic heterocycles. The second kappa shape index (κ2) is 5.40. The van der Waals surface area contributed by atoms with Gasteiger partial charge in [0, 0.05) is 5.69 Å². The smallest absolute Gasteiger partial charge is 0.308 e. The number of carbonyl (C=O) groups excluding carboxylic acids is 2. The predicted octanol–water partition coefficient (Wildman–Crippen LogP) is 1.25. The Morgan fingerprint density at radius 3 is 2.53 bits per heavy atom. The number of nitrogens with one attached hydrogen (secondary N) is 2. The van der Waals surface area contributed by atoms with Crippen LogP contribution in [-0.2, 0) is 4.79 Å². The van der Waals surface area contributed by atoms with Crippen molar-refractivity contribution in [1.82, 2.24) is 5.32 Å². The summed E-state index contributed by atoms with van der Waals surface area (Å²) in [6.07, 6.45) is 0. The summed E-state index contributed by atoms with van der Waals surface area (Å²) in [5.41, 5.74) is 0.589. The van der Waals surface area contributed by atoms with Crippen LogP contribution in [0.25, 0.3) is 4.85 Å². The summed E-state index contributed by atoms with van der Waals surface area (Å²) >= 11 is 0. The van der Waals surface area contributed by atoms with Crippen LogP contribution in [0, 0.1) is 6.57 Å². The molecule has 0 bridgehead atoms. The van der Waals surface area contributed by atoms with E-state index in [4.69, 9.17) is 6.57 Å². The number of imide groups is 1. The molecule has 1 rings (SSSR count). The summed E-state index contributed by atoms with van der Waals surface area (Å²) in [6.45, 7) is 6.09. The third-order valence-electron chi connectivity index (χ3n) is 1.51. The van der Waals surface area contributed by atoms with Crippen molar-refractivity contribution in [3.05, 3.63) is 41.7 Å². The first kappa shape index (κ1) is 10.7. The average Bonchev–Trinajstić information content (AvgIpc) is 2.19. The lowest BCUT2D eigenvalue weighted by Crippen LogP contribution is -2.35. The van der Waals surface area contributed by atoms with Gasteiger partial charge in [0.1, 0.15) is 0 Å². The van der Waals surface area contributed by atoms with Crippen molar-refractivity contribution in [2.75, 3.05) is 11.9 Å². The molecule has 0 radical (unpaired) electrons. The molecule has 0 saturated heterocycles. The fraction of sp³-hybridized carbons (Fsp3) is 0.100. The van der Waals surface area contributed by atoms with Crippen LogP contribution in [0.4, 0.5) is 10.5 Å². The van der Waals surface area contributed by atoms with Crippen LogP contribution in [-0.4, -0.2) is 18.5 Å². The van der Waals surface area contributed by atoms with Gasteiger partial charge in [-0.1, -0.05) is 18.2 Å². The van der Waals surface area contributed by atoms with E-state index < -0.39 is 11.9 Å². The van der Waals surface area contributed by atoms with Gasteiger partial charge in [0.15, 0.2) is 0 Å². The number of amides is 3. The van der Waals surface area contributed by atoms with Crippen molar-refractivity contribution in [2.24, 2.45) is 0 Å². The zero-order valence-electron chi connectivity index (χ0n) is 7.86. The molecule has 0 atom stereocenters. The molecule has 2 N–H and O–H groups in total. The molecule has 76 valence electrons. The Morgan fingerprint density at radius 1 is 1.27 bits per heavy atom. The van der Waals surface area contributed by atoms with Gasteiger partial charge in [0.25, 0.3) is 6.54 Å². The van der Waals surface area contributed by atoms with E-state index >= 15 is 0 Å². The molecule has 3 amide bonds. The van der Waals surface area contributed by atoms with E-state index in [1.54, 1.807) is 24.3 Å². The number of hydrogen-bond acceptors (Lipinski definition) is 2. The molecular weight excluding hydrogens is 194 g/mol. The van der Waals surface area contributed by atoms with Gasteiger partial charge in [-0.2, -0.15) is 0 Å². The first-order chi connectivity index (χ1) is 7.22. The number of rotatable bonds is 2. The summed E-state index contributed by atoms with van der Waals surface area (Å²) in [5, 5.41) is 4.48. The Balaban J connectivity index is 2.44. The third-order valence-corrected chi connectivity index (χ3v) is 1.51. The van der Waals surface area contributed by atoms with Gasteiger partial charge in [-0.05, 0) is 12.1 Å². The predicted molar refractivity (Wildman–Crippen MR) is 55.1 cm³/mol. The van der Waals surface area contributed by atoms with Gasteiger partial charge in [-0.25, -0.2) is 11.4 Å². The fourth-order valence-corrected chi connectivity index (χ4v) is 0.922. The van der Waals surface area contributed by atoms with Crippen LogP contribution in [0.15, 0.2) is 30.3 Å². The largest absolute Gasteiger partial charge is 0.326 e. The number of anilines is 1. The Bertz CT molecular complexity index is 395. The van der Waals surface area contributed by atoms with Gasteiger partial charge in [0.05, 0.1) is 0 Å². The Labute approximate surface area is 86.9 Å². The number of carbonyl (C=O) groups is 2. The van der Waals surface area contributed by atoms with Crippen molar-refractivity contribution in [2.45, 2.75) is 0 Å². The Kier molecular flexibility index (Phi) is 3.86. The zero-order valence-corrected chi connectivity index (χ0v) is 7.86. The van der Waals surface area contributed by atoms with E-state index in [0.29, 0.717) is 5.69 Å². The highest BCUT2D eigenvalue weighted by molar-refractivity contribution is 6.02. The second-order valence-electron chi connectivity index (χ2n) is 2.68. The molecule has 1 aromatic rings. The van der Waals surface area contributed by atoms with E-state index in [-0.39, 0.29) is 6.54 Å². The second-order valence-corrected chi connectivity index (χ2v) is 2.68. The minimum Gasteiger partial charge on any atom is -0.308 e. The van der Waals surface area contributed by atoms with E-state index in [1.165, 1.54) is 0 Å². The van der Waals surface area contributed by atoms with Crippen molar-refractivity contribution in [1.29, 1.82) is 0 Å². The van der Waals surface area contributed by atoms with Crippen LogP contribution in [0.3, 0.4) is 0 Å². The molecule has 0 aliphatic rings. The number of para-hydroxylation sites is 1. The van der Waals surface area contributed by atoms with Crippen molar-refractivity contribution < 1.29 is 9.59 Å². The normalized spacial score (nSPS) is 8.73. The number of urea groups is 1. The molecule has 0 fully saturated rings. The topological polar surface area (TPSA) is 62.6 Å². The summed E-state index contributed by atoms with van der Waals surface area (Å²) in [7, 11) is 0. The standard InChI is InChI=1S/C10H9N3O2/c1-11-7-9(14)13-10(15)12-8-5-3-2-4-6-8/h2-6H,7H2,(H2,12,13,14,15). The molecule has 0 saturated carbocycles. The lowest BCUT2D eigenvalue weighted by atomic mass is 10.3. The first-order valence-corrected chi connectivity index (χ1v) is 4.21. The van der Waals surface area contributed by atoms with Gasteiger partial charge >= 0.3 is 11.9 Å². The molecule has 0 aliphatic heterocycles. The number of benzene rings is 1. The van der Waals surface area contributed by atoms with Crippen LogP contribution in [0.2, 0.25) is 0 Å². The average molecular weight is 203 g/mol. The van der Waals surface area contributed by atoms with Gasteiger partial charge in [0.2, 0.25) is 0 Å². The minimum atomic E-state index is -0.630. The quantitative estimate of drug-likeness (QED) is 0.710. The van der Waals surface area contributed by atoms with Crippen LogP contribution in [0.1, 0.15) is 0 Å². The molecule has 5 heteroatoms. The van der Waals surface area contributed by atoms with Gasteiger partial charge < -0.3 is 10.2 Å². The maximum Gasteiger partial charge on any atom is 0.326 e. The summed E-state index contributed by atoms with van der Waals surface area (Å²) in [4.78, 5) is 24.9. The monoisotopic (exact) mass is 203 g/mol. The summed E-state index contributed by atoms with van der Waals surface area (Å²) in [5.74, 6) is -0.613. The van der Waals surface area contributed by atoms with Gasteiger partial charge in [-0.3, -0.25) is 10.1 Å². The van der Waals surface area contributed by atoms with Crippen molar-refractivity contribution >= 4 is 17.6 Å². The van der Waals surface area contributed by atoms with Crippen LogP contribution >= 0.6 is 0 Å². The molecule has 15 heavy (non-hydrogen) atoms. The molecule has 1 aromatic carbocycles. The van der Waals surface area contributed by atoms with Crippen molar-refractivity contribution in [3.63, 3.8) is 0 Å². The lowest BCUT2D eigenvalue weighted by molar-refractivity contribution is -0.118. The third kappa shape index (κ3) is 3.91.